The van der Waals surface area contributed by atoms with Crippen LogP contribution in [0.1, 0.15) is 61.6 Å². The van der Waals surface area contributed by atoms with Gasteiger partial charge in [0.2, 0.25) is 0 Å². The lowest BCUT2D eigenvalue weighted by Gasteiger charge is -2.37. The number of ketones is 1. The third-order valence-corrected chi connectivity index (χ3v) is 9.44. The molecule has 2 atom stereocenters. The highest BCUT2D eigenvalue weighted by molar-refractivity contribution is 6.04. The van der Waals surface area contributed by atoms with Crippen molar-refractivity contribution in [3.8, 4) is 11.1 Å². The fourth-order valence-electron chi connectivity index (χ4n) is 6.30. The maximum atomic E-state index is 13.2. The number of hydrogen-bond donors (Lipinski definition) is 3. The Balaban J connectivity index is 1.11. The van der Waals surface area contributed by atoms with Gasteiger partial charge >= 0.3 is 11.9 Å². The average molecular weight is 648 g/mol. The van der Waals surface area contributed by atoms with Gasteiger partial charge in [-0.15, -0.1) is 0 Å². The topological polar surface area (TPSA) is 153 Å². The number of benzene rings is 2. The van der Waals surface area contributed by atoms with Crippen molar-refractivity contribution < 1.29 is 29.4 Å². The number of nitrogens with zero attached hydrogens (tertiary/aromatic N) is 4. The molecule has 4 aromatic rings. The molecule has 6 rings (SSSR count). The number of aliphatic carboxylic acids is 2. The average Bonchev–Trinajstić information content (AvgIpc) is 3.03. The molecule has 0 unspecified atom stereocenters. The number of amides is 1. The predicted molar refractivity (Wildman–Crippen MR) is 179 cm³/mol. The van der Waals surface area contributed by atoms with Gasteiger partial charge in [0.25, 0.3) is 5.91 Å². The zero-order valence-corrected chi connectivity index (χ0v) is 26.8. The zero-order valence-electron chi connectivity index (χ0n) is 26.8. The number of anilines is 1. The van der Waals surface area contributed by atoms with Crippen LogP contribution in [0.3, 0.4) is 0 Å². The molecule has 4 heterocycles. The minimum atomic E-state index is -0.824. The Kier molecular flexibility index (Phi) is 9.42. The van der Waals surface area contributed by atoms with Crippen LogP contribution in [0.4, 0.5) is 5.69 Å². The second-order valence-electron chi connectivity index (χ2n) is 12.5. The fraction of sp³-hybridized carbons (Fsp3) is 0.297. The molecule has 2 aliphatic heterocycles. The zero-order chi connectivity index (χ0) is 33.9. The molecule has 2 aliphatic rings. The number of nitrogens with one attached hydrogen (secondary N) is 1. The van der Waals surface area contributed by atoms with E-state index < -0.39 is 24.0 Å². The first kappa shape index (κ1) is 32.7. The Bertz CT molecular complexity index is 1740. The molecule has 2 aromatic carbocycles. The number of carboxylic acids is 2. The van der Waals surface area contributed by atoms with Crippen LogP contribution < -0.4 is 5.32 Å². The molecular formula is C37H37N5O6. The number of carbonyl (C=O) groups excluding carboxylic acids is 2. The summed E-state index contributed by atoms with van der Waals surface area (Å²) in [5.41, 5.74) is 7.54. The molecule has 246 valence electrons. The van der Waals surface area contributed by atoms with E-state index in [-0.39, 0.29) is 23.8 Å². The Morgan fingerprint density at radius 2 is 1.27 bits per heavy atom. The minimum Gasteiger partial charge on any atom is -0.480 e. The van der Waals surface area contributed by atoms with E-state index in [1.54, 1.807) is 30.6 Å². The third-order valence-electron chi connectivity index (χ3n) is 9.44. The van der Waals surface area contributed by atoms with Gasteiger partial charge < -0.3 is 15.5 Å². The summed E-state index contributed by atoms with van der Waals surface area (Å²) in [7, 11) is 0. The Morgan fingerprint density at radius 1 is 0.729 bits per heavy atom. The lowest BCUT2D eigenvalue weighted by molar-refractivity contribution is -0.149. The van der Waals surface area contributed by atoms with Crippen molar-refractivity contribution in [3.63, 3.8) is 0 Å². The van der Waals surface area contributed by atoms with Crippen LogP contribution in [-0.4, -0.2) is 78.8 Å². The summed E-state index contributed by atoms with van der Waals surface area (Å²) >= 11 is 0. The van der Waals surface area contributed by atoms with Gasteiger partial charge in [-0.2, -0.15) is 0 Å². The van der Waals surface area contributed by atoms with E-state index in [4.69, 9.17) is 0 Å². The molecule has 11 nitrogen and oxygen atoms in total. The number of carboxylic acid groups (broad SMARTS) is 2. The summed E-state index contributed by atoms with van der Waals surface area (Å²) in [6, 6.07) is 17.6. The lowest BCUT2D eigenvalue weighted by atomic mass is 9.91. The molecule has 0 radical (unpaired) electrons. The Labute approximate surface area is 278 Å². The van der Waals surface area contributed by atoms with E-state index in [1.807, 2.05) is 66.1 Å². The van der Waals surface area contributed by atoms with Gasteiger partial charge in [0.15, 0.2) is 5.78 Å². The maximum absolute atomic E-state index is 13.2. The minimum absolute atomic E-state index is 0.114. The number of likely N-dealkylation sites (tertiary alicyclic amines) is 2. The first-order valence-electron chi connectivity index (χ1n) is 16.0. The molecule has 0 bridgehead atoms. The van der Waals surface area contributed by atoms with E-state index >= 15 is 0 Å². The summed E-state index contributed by atoms with van der Waals surface area (Å²) in [4.78, 5) is 61.4. The van der Waals surface area contributed by atoms with E-state index in [0.29, 0.717) is 37.3 Å². The van der Waals surface area contributed by atoms with Crippen LogP contribution in [0.15, 0.2) is 73.1 Å². The number of carbonyl (C=O) groups is 4. The molecule has 2 aromatic heterocycles. The second kappa shape index (κ2) is 13.8. The van der Waals surface area contributed by atoms with E-state index in [1.165, 1.54) is 0 Å². The molecule has 3 N–H and O–H groups in total. The normalized spacial score (nSPS) is 17.6. The van der Waals surface area contributed by atoms with Gasteiger partial charge in [-0.25, -0.2) is 0 Å². The van der Waals surface area contributed by atoms with Crippen molar-refractivity contribution in [1.29, 1.82) is 0 Å². The number of pyridine rings is 2. The van der Waals surface area contributed by atoms with Crippen LogP contribution in [0.2, 0.25) is 0 Å². The van der Waals surface area contributed by atoms with Crippen LogP contribution >= 0.6 is 0 Å². The van der Waals surface area contributed by atoms with Crippen molar-refractivity contribution in [1.82, 2.24) is 19.8 Å². The quantitative estimate of drug-likeness (QED) is 0.184. The largest absolute Gasteiger partial charge is 0.480 e. The Hall–Kier alpha value is -5.26. The molecular weight excluding hydrogens is 610 g/mol. The lowest BCUT2D eigenvalue weighted by Crippen LogP contribution is -2.51. The summed E-state index contributed by atoms with van der Waals surface area (Å²) in [6.45, 7) is 6.32. The SMILES string of the molecule is Cc1c(CC(=O)c2ccc(CN3CC[C@H]3C(=O)O)cn2)cccc1-c1cccc(NC(=O)c2ccc(CN3CC[C@H]3C(=O)O)cn2)c1C. The van der Waals surface area contributed by atoms with E-state index in [0.717, 1.165) is 52.0 Å². The van der Waals surface area contributed by atoms with Crippen LogP contribution in [0, 0.1) is 13.8 Å². The molecule has 0 aliphatic carbocycles. The molecule has 11 heteroatoms. The summed E-state index contributed by atoms with van der Waals surface area (Å²) < 4.78 is 0. The monoisotopic (exact) mass is 647 g/mol. The molecule has 2 fully saturated rings. The number of aromatic nitrogens is 2. The highest BCUT2D eigenvalue weighted by Crippen LogP contribution is 2.33. The summed E-state index contributed by atoms with van der Waals surface area (Å²) in [5.74, 6) is -2.11. The van der Waals surface area contributed by atoms with E-state index in [2.05, 4.69) is 15.3 Å². The van der Waals surface area contributed by atoms with Gasteiger partial charge in [-0.05, 0) is 83.8 Å². The predicted octanol–water partition coefficient (Wildman–Crippen LogP) is 4.76. The van der Waals surface area contributed by atoms with E-state index in [9.17, 15) is 29.4 Å². The summed E-state index contributed by atoms with van der Waals surface area (Å²) in [6.07, 6.45) is 4.70. The van der Waals surface area contributed by atoms with Gasteiger partial charge in [0, 0.05) is 50.7 Å². The van der Waals surface area contributed by atoms with Crippen molar-refractivity contribution in [3.05, 3.63) is 112 Å². The van der Waals surface area contributed by atoms with Crippen molar-refractivity contribution in [2.24, 2.45) is 0 Å². The molecule has 1 amide bonds. The first-order valence-corrected chi connectivity index (χ1v) is 16.0. The van der Waals surface area contributed by atoms with Gasteiger partial charge in [0.1, 0.15) is 23.5 Å². The highest BCUT2D eigenvalue weighted by atomic mass is 16.4. The smallest absolute Gasteiger partial charge is 0.320 e. The van der Waals surface area contributed by atoms with Crippen LogP contribution in [0.5, 0.6) is 0 Å². The Morgan fingerprint density at radius 3 is 1.77 bits per heavy atom. The van der Waals surface area contributed by atoms with Crippen LogP contribution in [0.25, 0.3) is 11.1 Å². The number of rotatable bonds is 12. The maximum Gasteiger partial charge on any atom is 0.320 e. The van der Waals surface area contributed by atoms with Gasteiger partial charge in [-0.1, -0.05) is 42.5 Å². The standard InChI is InChI=1S/C37H37N5O6/c1-22-26(17-34(43)30-11-9-24(18-38-30)20-41-15-13-32(41)36(45)46)5-3-6-27(22)28-7-4-8-29(23(28)2)40-35(44)31-12-10-25(19-39-31)21-42-16-14-33(42)37(47)48/h3-12,18-19,32-33H,13-17,20-21H2,1-2H3,(H,40,44)(H,45,46)(H,47,48)/t32-,33-/m0/s1. The van der Waals surface area contributed by atoms with Crippen molar-refractivity contribution in [2.75, 3.05) is 18.4 Å². The third kappa shape index (κ3) is 6.87. The second-order valence-corrected chi connectivity index (χ2v) is 12.5. The fourth-order valence-corrected chi connectivity index (χ4v) is 6.30. The molecule has 0 saturated carbocycles. The molecule has 2 saturated heterocycles. The van der Waals surface area contributed by atoms with Gasteiger partial charge in [0.05, 0.1) is 0 Å². The summed E-state index contributed by atoms with van der Waals surface area (Å²) in [5, 5.41) is 21.5. The number of hydrogen-bond acceptors (Lipinski definition) is 8. The first-order chi connectivity index (χ1) is 23.1. The van der Waals surface area contributed by atoms with Crippen molar-refractivity contribution in [2.45, 2.75) is 58.3 Å². The molecule has 0 spiro atoms. The highest BCUT2D eigenvalue weighted by Gasteiger charge is 2.34. The molecule has 48 heavy (non-hydrogen) atoms. The van der Waals surface area contributed by atoms with Crippen molar-refractivity contribution >= 4 is 29.3 Å². The van der Waals surface area contributed by atoms with Crippen LogP contribution in [-0.2, 0) is 29.1 Å². The van der Waals surface area contributed by atoms with Gasteiger partial charge in [-0.3, -0.25) is 38.9 Å². The number of Topliss-reactive ketones (excluding diaryl/α,β-unsaturated/α-hetero) is 1.